The summed E-state index contributed by atoms with van der Waals surface area (Å²) in [6, 6.07) is 0. The van der Waals surface area contributed by atoms with Gasteiger partial charge >= 0.3 is 0 Å². The summed E-state index contributed by atoms with van der Waals surface area (Å²) in [5.41, 5.74) is 0.818. The Kier molecular flexibility index (Phi) is 3.40. The van der Waals surface area contributed by atoms with Crippen LogP contribution in [0.15, 0.2) is 0 Å². The van der Waals surface area contributed by atoms with Crippen LogP contribution >= 0.6 is 0 Å². The van der Waals surface area contributed by atoms with E-state index >= 15 is 0 Å². The van der Waals surface area contributed by atoms with E-state index in [0.29, 0.717) is 0 Å². The van der Waals surface area contributed by atoms with Crippen molar-refractivity contribution in [2.45, 2.75) is 89.9 Å². The zero-order valence-electron chi connectivity index (χ0n) is 12.7. The van der Waals surface area contributed by atoms with E-state index in [1.54, 1.807) is 89.9 Å². The number of hydrogen-bond donors (Lipinski definition) is 0. The fraction of sp³-hybridized carbons (Fsp3) is 1.00. The Balaban J connectivity index is 1.61. The minimum absolute atomic E-state index is 0.818. The van der Waals surface area contributed by atoms with Gasteiger partial charge in [0.05, 0.1) is 0 Å². The normalized spacial score (nSPS) is 50.5. The van der Waals surface area contributed by atoms with Gasteiger partial charge in [-0.25, -0.2) is 0 Å². The van der Waals surface area contributed by atoms with Crippen LogP contribution in [0, 0.1) is 29.1 Å². The van der Waals surface area contributed by atoms with Crippen LogP contribution in [0.3, 0.4) is 0 Å². The van der Waals surface area contributed by atoms with Crippen molar-refractivity contribution in [2.24, 2.45) is 29.1 Å². The fourth-order valence-corrected chi connectivity index (χ4v) is 6.87. The molecule has 19 heavy (non-hydrogen) atoms. The summed E-state index contributed by atoms with van der Waals surface area (Å²) in [4.78, 5) is 0. The molecule has 0 aromatic carbocycles. The van der Waals surface area contributed by atoms with E-state index in [4.69, 9.17) is 0 Å². The maximum absolute atomic E-state index is 1.62. The van der Waals surface area contributed by atoms with E-state index in [0.717, 1.165) is 29.1 Å². The Hall–Kier alpha value is 0. The molecule has 0 spiro atoms. The second-order valence-corrected chi connectivity index (χ2v) is 8.44. The minimum Gasteiger partial charge on any atom is -0.0527 e. The molecule has 2 bridgehead atoms. The molecule has 3 atom stereocenters. The molecule has 4 fully saturated rings. The van der Waals surface area contributed by atoms with Gasteiger partial charge in [-0.3, -0.25) is 0 Å². The average Bonchev–Trinajstić information content (AvgIpc) is 2.67. The molecule has 0 aliphatic heterocycles. The smallest absolute Gasteiger partial charge is 0.0266 e. The van der Waals surface area contributed by atoms with Crippen LogP contribution in [0.5, 0.6) is 0 Å². The SMILES string of the molecule is C1CC2CCCC(C34CCCC(CCC3)CC4)C2C1. The molecule has 0 heteroatoms. The van der Waals surface area contributed by atoms with E-state index in [9.17, 15) is 0 Å². The molecule has 0 heterocycles. The highest BCUT2D eigenvalue weighted by atomic mass is 14.5. The molecule has 0 saturated heterocycles. The van der Waals surface area contributed by atoms with Crippen molar-refractivity contribution in [1.29, 1.82) is 0 Å². The van der Waals surface area contributed by atoms with Gasteiger partial charge in [0.15, 0.2) is 0 Å². The topological polar surface area (TPSA) is 0 Å². The highest BCUT2D eigenvalue weighted by Gasteiger charge is 2.48. The largest absolute Gasteiger partial charge is 0.0527 e. The summed E-state index contributed by atoms with van der Waals surface area (Å²) >= 11 is 0. The summed E-state index contributed by atoms with van der Waals surface area (Å²) in [7, 11) is 0. The molecule has 0 amide bonds. The van der Waals surface area contributed by atoms with Gasteiger partial charge in [0.2, 0.25) is 0 Å². The molecule has 4 aliphatic rings. The molecule has 0 nitrogen and oxygen atoms in total. The summed E-state index contributed by atoms with van der Waals surface area (Å²) in [6.45, 7) is 0. The van der Waals surface area contributed by atoms with Crippen molar-refractivity contribution in [1.82, 2.24) is 0 Å². The Morgan fingerprint density at radius 1 is 0.579 bits per heavy atom. The molecule has 3 unspecified atom stereocenters. The van der Waals surface area contributed by atoms with E-state index in [2.05, 4.69) is 0 Å². The molecule has 0 aromatic rings. The van der Waals surface area contributed by atoms with Gasteiger partial charge in [-0.2, -0.15) is 0 Å². The van der Waals surface area contributed by atoms with Gasteiger partial charge in [0.1, 0.15) is 0 Å². The highest BCUT2D eigenvalue weighted by molar-refractivity contribution is 4.99. The lowest BCUT2D eigenvalue weighted by Gasteiger charge is -2.48. The first-order chi connectivity index (χ1) is 9.37. The van der Waals surface area contributed by atoms with Crippen molar-refractivity contribution < 1.29 is 0 Å². The number of hydrogen-bond acceptors (Lipinski definition) is 0. The maximum Gasteiger partial charge on any atom is -0.0266 e. The molecule has 4 aliphatic carbocycles. The van der Waals surface area contributed by atoms with Crippen molar-refractivity contribution in [3.63, 3.8) is 0 Å². The van der Waals surface area contributed by atoms with Crippen molar-refractivity contribution in [3.8, 4) is 0 Å². The lowest BCUT2D eigenvalue weighted by molar-refractivity contribution is 0.0199. The summed E-state index contributed by atoms with van der Waals surface area (Å²) < 4.78 is 0. The van der Waals surface area contributed by atoms with Crippen molar-refractivity contribution >= 4 is 0 Å². The summed E-state index contributed by atoms with van der Waals surface area (Å²) in [5.74, 6) is 4.57. The predicted molar refractivity (Wildman–Crippen MR) is 81.0 cm³/mol. The zero-order chi connectivity index (χ0) is 12.7. The van der Waals surface area contributed by atoms with E-state index in [-0.39, 0.29) is 0 Å². The first-order valence-corrected chi connectivity index (χ1v) is 9.37. The minimum atomic E-state index is 0.818. The van der Waals surface area contributed by atoms with Crippen LogP contribution in [-0.2, 0) is 0 Å². The highest BCUT2D eigenvalue weighted by Crippen LogP contribution is 2.59. The third-order valence-electron chi connectivity index (χ3n) is 7.74. The third-order valence-corrected chi connectivity index (χ3v) is 7.74. The van der Waals surface area contributed by atoms with E-state index < -0.39 is 0 Å². The van der Waals surface area contributed by atoms with Crippen molar-refractivity contribution in [2.75, 3.05) is 0 Å². The number of fused-ring (bicyclic) bond motifs is 4. The predicted octanol–water partition coefficient (Wildman–Crippen LogP) is 5.95. The fourth-order valence-electron chi connectivity index (χ4n) is 6.87. The molecule has 0 aromatic heterocycles. The van der Waals surface area contributed by atoms with E-state index in [1.807, 2.05) is 0 Å². The van der Waals surface area contributed by atoms with Crippen LogP contribution in [0.2, 0.25) is 0 Å². The van der Waals surface area contributed by atoms with Gasteiger partial charge in [-0.05, 0) is 67.6 Å². The van der Waals surface area contributed by atoms with Gasteiger partial charge < -0.3 is 0 Å². The zero-order valence-corrected chi connectivity index (χ0v) is 12.7. The Morgan fingerprint density at radius 2 is 1.32 bits per heavy atom. The summed E-state index contributed by atoms with van der Waals surface area (Å²) in [6.07, 6.45) is 22.2. The van der Waals surface area contributed by atoms with Crippen LogP contribution in [0.1, 0.15) is 89.9 Å². The average molecular weight is 260 g/mol. The molecule has 4 saturated carbocycles. The monoisotopic (exact) mass is 260 g/mol. The molecule has 0 radical (unpaired) electrons. The lowest BCUT2D eigenvalue weighted by Crippen LogP contribution is -2.39. The van der Waals surface area contributed by atoms with Gasteiger partial charge in [0.25, 0.3) is 0 Å². The first-order valence-electron chi connectivity index (χ1n) is 9.37. The second kappa shape index (κ2) is 5.08. The number of rotatable bonds is 1. The van der Waals surface area contributed by atoms with Crippen LogP contribution in [-0.4, -0.2) is 0 Å². The Labute approximate surface area is 119 Å². The maximum atomic E-state index is 1.62. The molecular formula is C19H32. The van der Waals surface area contributed by atoms with Gasteiger partial charge in [-0.1, -0.05) is 51.4 Å². The third kappa shape index (κ3) is 2.18. The van der Waals surface area contributed by atoms with Gasteiger partial charge in [0, 0.05) is 0 Å². The van der Waals surface area contributed by atoms with Crippen LogP contribution in [0.25, 0.3) is 0 Å². The second-order valence-electron chi connectivity index (χ2n) is 8.44. The molecule has 108 valence electrons. The quantitative estimate of drug-likeness (QED) is 0.546. The Morgan fingerprint density at radius 3 is 2.11 bits per heavy atom. The molecule has 4 rings (SSSR count). The van der Waals surface area contributed by atoms with Crippen molar-refractivity contribution in [3.05, 3.63) is 0 Å². The Bertz CT molecular complexity index is 308. The van der Waals surface area contributed by atoms with Gasteiger partial charge in [-0.15, -0.1) is 0 Å². The van der Waals surface area contributed by atoms with Crippen LogP contribution < -0.4 is 0 Å². The lowest BCUT2D eigenvalue weighted by atomic mass is 9.57. The molecule has 0 N–H and O–H groups in total. The molecular weight excluding hydrogens is 228 g/mol. The van der Waals surface area contributed by atoms with E-state index in [1.165, 1.54) is 0 Å². The standard InChI is InChI=1S/C19H32/c1-7-16-8-2-10-18(17(16)9-1)19-12-3-5-15(11-14-19)6-4-13-19/h15-18H,1-14H2. The first kappa shape index (κ1) is 12.7. The van der Waals surface area contributed by atoms with Crippen LogP contribution in [0.4, 0.5) is 0 Å². The summed E-state index contributed by atoms with van der Waals surface area (Å²) in [5, 5.41) is 0.